The van der Waals surface area contributed by atoms with Crippen molar-refractivity contribution in [2.45, 2.75) is 30.6 Å². The number of rotatable bonds is 2. The van der Waals surface area contributed by atoms with Gasteiger partial charge in [-0.05, 0) is 73.7 Å². The number of thiol groups is 1. The van der Waals surface area contributed by atoms with E-state index in [2.05, 4.69) is 107 Å². The molecular formula is C30H24N2S. The molecule has 0 spiro atoms. The summed E-state index contributed by atoms with van der Waals surface area (Å²) < 4.78 is 4.97. The van der Waals surface area contributed by atoms with Gasteiger partial charge in [0.25, 0.3) is 0 Å². The molecule has 0 amide bonds. The van der Waals surface area contributed by atoms with Gasteiger partial charge in [0, 0.05) is 38.1 Å². The molecule has 3 heteroatoms. The van der Waals surface area contributed by atoms with Crippen molar-refractivity contribution < 1.29 is 0 Å². The third-order valence-corrected chi connectivity index (χ3v) is 7.45. The maximum Gasteiger partial charge on any atom is 0.0637 e. The third-order valence-electron chi connectivity index (χ3n) is 7.17. The summed E-state index contributed by atoms with van der Waals surface area (Å²) >= 11 is 4.66. The molecule has 2 nitrogen and oxygen atoms in total. The lowest BCUT2D eigenvalue weighted by atomic mass is 9.94. The first-order chi connectivity index (χ1) is 16.3. The number of aromatic nitrogens is 2. The molecule has 0 aliphatic heterocycles. The summed E-state index contributed by atoms with van der Waals surface area (Å²) in [6, 6.07) is 32.8. The average molecular weight is 445 g/mol. The minimum Gasteiger partial charge on any atom is -0.313 e. The topological polar surface area (TPSA) is 9.86 Å². The van der Waals surface area contributed by atoms with Crippen molar-refractivity contribution in [1.29, 1.82) is 0 Å². The van der Waals surface area contributed by atoms with E-state index in [-0.39, 0.29) is 0 Å². The fourth-order valence-corrected chi connectivity index (χ4v) is 6.07. The van der Waals surface area contributed by atoms with Gasteiger partial charge in [0.15, 0.2) is 0 Å². The Bertz CT molecular complexity index is 1670. The molecule has 0 fully saturated rings. The summed E-state index contributed by atoms with van der Waals surface area (Å²) in [6.45, 7) is 0. The first-order valence-electron chi connectivity index (χ1n) is 11.7. The van der Waals surface area contributed by atoms with Crippen LogP contribution in [0.2, 0.25) is 0 Å². The molecule has 33 heavy (non-hydrogen) atoms. The van der Waals surface area contributed by atoms with Crippen LogP contribution in [-0.2, 0) is 12.8 Å². The molecule has 6 aromatic rings. The van der Waals surface area contributed by atoms with E-state index >= 15 is 0 Å². The van der Waals surface area contributed by atoms with Crippen LogP contribution < -0.4 is 0 Å². The second-order valence-electron chi connectivity index (χ2n) is 9.03. The maximum atomic E-state index is 4.66. The van der Waals surface area contributed by atoms with Gasteiger partial charge >= 0.3 is 0 Å². The quantitative estimate of drug-likeness (QED) is 0.260. The van der Waals surface area contributed by atoms with E-state index in [1.807, 2.05) is 6.07 Å². The SMILES string of the molecule is Sc1cccc(-n2c3ccccc3c3ccc4c(c5c(n4-c4ccccc4)CCCC5)c32)c1. The number of aryl methyl sites for hydroxylation is 1. The van der Waals surface area contributed by atoms with Gasteiger partial charge in [-0.25, -0.2) is 0 Å². The van der Waals surface area contributed by atoms with Crippen LogP contribution in [-0.4, -0.2) is 9.13 Å². The fraction of sp³-hybridized carbons (Fsp3) is 0.133. The van der Waals surface area contributed by atoms with Gasteiger partial charge in [-0.15, -0.1) is 12.6 Å². The van der Waals surface area contributed by atoms with Crippen LogP contribution in [0, 0.1) is 0 Å². The monoisotopic (exact) mass is 444 g/mol. The van der Waals surface area contributed by atoms with Crippen LogP contribution in [0.15, 0.2) is 95.9 Å². The minimum atomic E-state index is 0.981. The molecule has 0 bridgehead atoms. The van der Waals surface area contributed by atoms with Gasteiger partial charge in [0.05, 0.1) is 16.6 Å². The molecule has 0 radical (unpaired) electrons. The zero-order valence-electron chi connectivity index (χ0n) is 18.3. The van der Waals surface area contributed by atoms with Gasteiger partial charge in [-0.1, -0.05) is 48.5 Å². The molecule has 0 unspecified atom stereocenters. The van der Waals surface area contributed by atoms with Gasteiger partial charge in [-0.3, -0.25) is 0 Å². The van der Waals surface area contributed by atoms with E-state index in [0.717, 1.165) is 17.7 Å². The van der Waals surface area contributed by atoms with Gasteiger partial charge in [0.1, 0.15) is 0 Å². The Labute approximate surface area is 198 Å². The van der Waals surface area contributed by atoms with Gasteiger partial charge < -0.3 is 9.13 Å². The summed E-state index contributed by atoms with van der Waals surface area (Å²) in [4.78, 5) is 0.981. The normalized spacial score (nSPS) is 13.7. The highest BCUT2D eigenvalue weighted by Crippen LogP contribution is 2.42. The Hall–Kier alpha value is -3.43. The summed E-state index contributed by atoms with van der Waals surface area (Å²) in [5, 5.41) is 4.03. The molecule has 1 aliphatic carbocycles. The Morgan fingerprint density at radius 1 is 0.606 bits per heavy atom. The van der Waals surface area contributed by atoms with Crippen LogP contribution in [0.4, 0.5) is 0 Å². The second-order valence-corrected chi connectivity index (χ2v) is 9.55. The fourth-order valence-electron chi connectivity index (χ4n) is 5.85. The smallest absolute Gasteiger partial charge is 0.0637 e. The first kappa shape index (κ1) is 19.1. The zero-order valence-corrected chi connectivity index (χ0v) is 19.2. The molecular weight excluding hydrogens is 420 g/mol. The van der Waals surface area contributed by atoms with Crippen LogP contribution in [0.3, 0.4) is 0 Å². The summed E-state index contributed by atoms with van der Waals surface area (Å²) in [6.07, 6.45) is 4.78. The highest BCUT2D eigenvalue weighted by molar-refractivity contribution is 7.80. The Morgan fingerprint density at radius 2 is 1.39 bits per heavy atom. The van der Waals surface area contributed by atoms with Crippen molar-refractivity contribution in [1.82, 2.24) is 9.13 Å². The molecule has 0 N–H and O–H groups in total. The largest absolute Gasteiger partial charge is 0.313 e. The lowest BCUT2D eigenvalue weighted by molar-refractivity contribution is 0.667. The summed E-state index contributed by atoms with van der Waals surface area (Å²) in [5.74, 6) is 0. The first-order valence-corrected chi connectivity index (χ1v) is 12.2. The van der Waals surface area contributed by atoms with Crippen molar-refractivity contribution in [3.05, 3.63) is 102 Å². The number of hydrogen-bond donors (Lipinski definition) is 1. The Kier molecular flexibility index (Phi) is 4.22. The molecule has 2 heterocycles. The number of hydrogen-bond acceptors (Lipinski definition) is 1. The second kappa shape index (κ2) is 7.29. The molecule has 0 atom stereocenters. The van der Waals surface area contributed by atoms with Crippen LogP contribution in [0.25, 0.3) is 44.1 Å². The predicted molar refractivity (Wildman–Crippen MR) is 142 cm³/mol. The van der Waals surface area contributed by atoms with E-state index in [1.54, 1.807) is 0 Å². The van der Waals surface area contributed by atoms with Crippen molar-refractivity contribution in [2.24, 2.45) is 0 Å². The van der Waals surface area contributed by atoms with E-state index in [1.165, 1.54) is 68.2 Å². The number of nitrogens with zero attached hydrogens (tertiary/aromatic N) is 2. The summed E-state index contributed by atoms with van der Waals surface area (Å²) in [7, 11) is 0. The molecule has 4 aromatic carbocycles. The van der Waals surface area contributed by atoms with Crippen LogP contribution in [0.1, 0.15) is 24.1 Å². The van der Waals surface area contributed by atoms with Gasteiger partial charge in [-0.2, -0.15) is 0 Å². The third kappa shape index (κ3) is 2.75. The Balaban J connectivity index is 1.71. The predicted octanol–water partition coefficient (Wildman–Crippen LogP) is 7.90. The van der Waals surface area contributed by atoms with Crippen LogP contribution >= 0.6 is 12.6 Å². The van der Waals surface area contributed by atoms with Crippen LogP contribution in [0.5, 0.6) is 0 Å². The highest BCUT2D eigenvalue weighted by Gasteiger charge is 2.25. The zero-order chi connectivity index (χ0) is 21.9. The minimum absolute atomic E-state index is 0.981. The lowest BCUT2D eigenvalue weighted by Gasteiger charge is -2.16. The molecule has 0 saturated heterocycles. The van der Waals surface area contributed by atoms with E-state index in [4.69, 9.17) is 0 Å². The van der Waals surface area contributed by atoms with Gasteiger partial charge in [0.2, 0.25) is 0 Å². The number of benzene rings is 4. The Morgan fingerprint density at radius 3 is 2.27 bits per heavy atom. The molecule has 0 saturated carbocycles. The average Bonchev–Trinajstić information content (AvgIpc) is 3.37. The molecule has 2 aromatic heterocycles. The van der Waals surface area contributed by atoms with Crippen molar-refractivity contribution in [3.8, 4) is 11.4 Å². The lowest BCUT2D eigenvalue weighted by Crippen LogP contribution is -2.06. The highest BCUT2D eigenvalue weighted by atomic mass is 32.1. The van der Waals surface area contributed by atoms with Crippen molar-refractivity contribution >= 4 is 45.3 Å². The standard InChI is InChI=1S/C30H24N2S/c33-22-12-8-11-21(19-22)32-26-15-6-4-13-23(26)24-17-18-28-29(30(24)32)25-14-5-7-16-27(25)31(28)20-9-2-1-3-10-20/h1-4,6,8-13,15,17-19,33H,5,7,14,16H2. The maximum absolute atomic E-state index is 4.66. The molecule has 1 aliphatic rings. The molecule has 7 rings (SSSR count). The van der Waals surface area contributed by atoms with Crippen molar-refractivity contribution in [2.75, 3.05) is 0 Å². The molecule has 160 valence electrons. The number of para-hydroxylation sites is 2. The number of fused-ring (bicyclic) bond motifs is 7. The summed E-state index contributed by atoms with van der Waals surface area (Å²) in [5.41, 5.74) is 9.30. The van der Waals surface area contributed by atoms with E-state index in [9.17, 15) is 0 Å². The van der Waals surface area contributed by atoms with E-state index in [0.29, 0.717) is 0 Å². The van der Waals surface area contributed by atoms with E-state index < -0.39 is 0 Å². The van der Waals surface area contributed by atoms with Crippen molar-refractivity contribution in [3.63, 3.8) is 0 Å².